The van der Waals surface area contributed by atoms with Crippen molar-refractivity contribution in [2.24, 2.45) is 0 Å². The molecule has 16 heavy (non-hydrogen) atoms. The van der Waals surface area contributed by atoms with Gasteiger partial charge in [0.25, 0.3) is 0 Å². The van der Waals surface area contributed by atoms with Crippen molar-refractivity contribution < 1.29 is 9.13 Å². The minimum Gasteiger partial charge on any atom is -0.436 e. The largest absolute Gasteiger partial charge is 0.436 e. The first-order chi connectivity index (χ1) is 7.66. The Labute approximate surface area is 104 Å². The molecule has 1 aromatic carbocycles. The molecule has 0 aliphatic heterocycles. The Hall–Kier alpha value is -1.20. The summed E-state index contributed by atoms with van der Waals surface area (Å²) < 4.78 is 18.9. The van der Waals surface area contributed by atoms with E-state index >= 15 is 0 Å². The molecule has 0 aliphatic carbocycles. The highest BCUT2D eigenvalue weighted by Crippen LogP contribution is 2.31. The minimum absolute atomic E-state index is 0.183. The molecule has 0 N–H and O–H groups in total. The van der Waals surface area contributed by atoms with Gasteiger partial charge in [-0.05, 0) is 28.1 Å². The summed E-state index contributed by atoms with van der Waals surface area (Å²) in [5.74, 6) is 0.0898. The van der Waals surface area contributed by atoms with Crippen LogP contribution in [0, 0.1) is 5.82 Å². The van der Waals surface area contributed by atoms with E-state index in [9.17, 15) is 4.39 Å². The Kier molecular flexibility index (Phi) is 3.36. The molecule has 0 bridgehead atoms. The van der Waals surface area contributed by atoms with Crippen LogP contribution in [-0.4, -0.2) is 9.97 Å². The third-order valence-electron chi connectivity index (χ3n) is 1.73. The molecule has 0 saturated carbocycles. The van der Waals surface area contributed by atoms with E-state index in [4.69, 9.17) is 16.3 Å². The van der Waals surface area contributed by atoms with E-state index in [0.29, 0.717) is 10.2 Å². The first-order valence-corrected chi connectivity index (χ1v) is 5.42. The van der Waals surface area contributed by atoms with E-state index in [1.54, 1.807) is 6.07 Å². The number of halogens is 3. The van der Waals surface area contributed by atoms with Crippen molar-refractivity contribution in [1.82, 2.24) is 9.97 Å². The molecule has 0 unspecified atom stereocenters. The molecule has 82 valence electrons. The fraction of sp³-hybridized carbons (Fsp3) is 0. The fourth-order valence-electron chi connectivity index (χ4n) is 1.04. The van der Waals surface area contributed by atoms with Gasteiger partial charge in [-0.1, -0.05) is 11.6 Å². The van der Waals surface area contributed by atoms with Crippen molar-refractivity contribution in [3.05, 3.63) is 46.0 Å². The number of benzene rings is 1. The van der Waals surface area contributed by atoms with Crippen molar-refractivity contribution in [1.29, 1.82) is 0 Å². The zero-order valence-electron chi connectivity index (χ0n) is 7.82. The highest BCUT2D eigenvalue weighted by atomic mass is 79.9. The van der Waals surface area contributed by atoms with Gasteiger partial charge in [0.15, 0.2) is 0 Å². The number of hydrogen-bond acceptors (Lipinski definition) is 3. The van der Waals surface area contributed by atoms with Crippen LogP contribution < -0.4 is 4.74 Å². The predicted octanol–water partition coefficient (Wildman–Crippen LogP) is 3.82. The van der Waals surface area contributed by atoms with Crippen LogP contribution in [0.15, 0.2) is 35.2 Å². The van der Waals surface area contributed by atoms with Crippen LogP contribution >= 0.6 is 27.5 Å². The lowest BCUT2D eigenvalue weighted by molar-refractivity contribution is 0.454. The molecule has 1 heterocycles. The van der Waals surface area contributed by atoms with Crippen molar-refractivity contribution in [3.63, 3.8) is 0 Å². The number of hydrogen-bond donors (Lipinski definition) is 0. The Morgan fingerprint density at radius 2 is 2.19 bits per heavy atom. The number of nitrogens with zero attached hydrogens (tertiary/aromatic N) is 2. The van der Waals surface area contributed by atoms with Crippen molar-refractivity contribution >= 4 is 27.5 Å². The second kappa shape index (κ2) is 4.76. The number of ether oxygens (including phenoxy) is 1. The van der Waals surface area contributed by atoms with Gasteiger partial charge in [0.2, 0.25) is 5.88 Å². The van der Waals surface area contributed by atoms with E-state index in [0.717, 1.165) is 0 Å². The normalized spacial score (nSPS) is 10.2. The van der Waals surface area contributed by atoms with Crippen LogP contribution in [0.1, 0.15) is 0 Å². The van der Waals surface area contributed by atoms with Crippen molar-refractivity contribution in [2.45, 2.75) is 0 Å². The summed E-state index contributed by atoms with van der Waals surface area (Å²) in [5.41, 5.74) is 0. The molecular formula is C10H5BrClFN2O. The molecule has 0 radical (unpaired) electrons. The highest BCUT2D eigenvalue weighted by Gasteiger charge is 2.08. The summed E-state index contributed by atoms with van der Waals surface area (Å²) in [7, 11) is 0. The lowest BCUT2D eigenvalue weighted by Crippen LogP contribution is -1.91. The summed E-state index contributed by atoms with van der Waals surface area (Å²) in [6.07, 6.45) is 2.70. The highest BCUT2D eigenvalue weighted by molar-refractivity contribution is 9.10. The molecule has 0 amide bonds. The minimum atomic E-state index is -0.400. The van der Waals surface area contributed by atoms with Gasteiger partial charge in [-0.3, -0.25) is 0 Å². The standard InChI is InChI=1S/C10H5BrClFN2O/c11-7-2-1-6(13)3-9(7)16-10-8(12)4-14-5-15-10/h1-5H. The summed E-state index contributed by atoms with van der Waals surface area (Å²) in [5, 5.41) is 0.263. The van der Waals surface area contributed by atoms with Gasteiger partial charge in [0.1, 0.15) is 22.9 Å². The van der Waals surface area contributed by atoms with Gasteiger partial charge < -0.3 is 4.74 Å². The Morgan fingerprint density at radius 1 is 1.38 bits per heavy atom. The third-order valence-corrected chi connectivity index (χ3v) is 2.65. The zero-order chi connectivity index (χ0) is 11.5. The molecule has 0 atom stereocenters. The van der Waals surface area contributed by atoms with Gasteiger partial charge in [0.05, 0.1) is 10.7 Å². The summed E-state index contributed by atoms with van der Waals surface area (Å²) in [6.45, 7) is 0. The zero-order valence-corrected chi connectivity index (χ0v) is 10.2. The SMILES string of the molecule is Fc1ccc(Br)c(Oc2ncncc2Cl)c1. The van der Waals surface area contributed by atoms with Gasteiger partial charge in [0, 0.05) is 6.07 Å². The third kappa shape index (κ3) is 2.48. The molecule has 2 rings (SSSR count). The first-order valence-electron chi connectivity index (χ1n) is 4.25. The molecule has 0 aliphatic rings. The lowest BCUT2D eigenvalue weighted by atomic mass is 10.3. The number of rotatable bonds is 2. The molecule has 3 nitrogen and oxygen atoms in total. The van der Waals surface area contributed by atoms with E-state index in [1.165, 1.54) is 24.7 Å². The topological polar surface area (TPSA) is 35.0 Å². The van der Waals surface area contributed by atoms with Crippen LogP contribution in [0.4, 0.5) is 4.39 Å². The van der Waals surface area contributed by atoms with E-state index < -0.39 is 5.82 Å². The van der Waals surface area contributed by atoms with Crippen LogP contribution in [0.5, 0.6) is 11.6 Å². The van der Waals surface area contributed by atoms with E-state index in [-0.39, 0.29) is 10.9 Å². The fourth-order valence-corrected chi connectivity index (χ4v) is 1.51. The summed E-state index contributed by atoms with van der Waals surface area (Å²) in [6, 6.07) is 4.10. The Bertz CT molecular complexity index is 524. The van der Waals surface area contributed by atoms with Crippen LogP contribution in [-0.2, 0) is 0 Å². The quantitative estimate of drug-likeness (QED) is 0.846. The predicted molar refractivity (Wildman–Crippen MR) is 61.2 cm³/mol. The second-order valence-corrected chi connectivity index (χ2v) is 4.11. The second-order valence-electron chi connectivity index (χ2n) is 2.85. The van der Waals surface area contributed by atoms with Gasteiger partial charge in [-0.2, -0.15) is 0 Å². The Morgan fingerprint density at radius 3 is 2.94 bits per heavy atom. The number of aromatic nitrogens is 2. The van der Waals surface area contributed by atoms with Crippen LogP contribution in [0.2, 0.25) is 5.02 Å². The van der Waals surface area contributed by atoms with E-state index in [1.807, 2.05) is 0 Å². The first kappa shape index (κ1) is 11.3. The molecule has 1 aromatic heterocycles. The average molecular weight is 304 g/mol. The molecule has 6 heteroatoms. The van der Waals surface area contributed by atoms with Gasteiger partial charge in [-0.25, -0.2) is 14.4 Å². The maximum atomic E-state index is 13.0. The summed E-state index contributed by atoms with van der Waals surface area (Å²) in [4.78, 5) is 7.55. The average Bonchev–Trinajstić information content (AvgIpc) is 2.27. The van der Waals surface area contributed by atoms with Crippen molar-refractivity contribution in [2.75, 3.05) is 0 Å². The molecule has 0 saturated heterocycles. The smallest absolute Gasteiger partial charge is 0.241 e. The monoisotopic (exact) mass is 302 g/mol. The maximum absolute atomic E-state index is 13.0. The molecular weight excluding hydrogens is 298 g/mol. The van der Waals surface area contributed by atoms with Crippen LogP contribution in [0.3, 0.4) is 0 Å². The molecule has 0 spiro atoms. The van der Waals surface area contributed by atoms with Gasteiger partial charge >= 0.3 is 0 Å². The maximum Gasteiger partial charge on any atom is 0.241 e. The van der Waals surface area contributed by atoms with Crippen LogP contribution in [0.25, 0.3) is 0 Å². The van der Waals surface area contributed by atoms with Gasteiger partial charge in [-0.15, -0.1) is 0 Å². The summed E-state index contributed by atoms with van der Waals surface area (Å²) >= 11 is 9.04. The lowest BCUT2D eigenvalue weighted by Gasteiger charge is -2.07. The molecule has 2 aromatic rings. The van der Waals surface area contributed by atoms with E-state index in [2.05, 4.69) is 25.9 Å². The van der Waals surface area contributed by atoms with Crippen molar-refractivity contribution in [3.8, 4) is 11.6 Å². The molecule has 0 fully saturated rings. The Balaban J connectivity index is 2.34.